The first-order valence-corrected chi connectivity index (χ1v) is 5.28. The van der Waals surface area contributed by atoms with Gasteiger partial charge in [0.15, 0.2) is 17.8 Å². The van der Waals surface area contributed by atoms with Crippen LogP contribution >= 0.6 is 0 Å². The van der Waals surface area contributed by atoms with Crippen molar-refractivity contribution in [1.29, 1.82) is 0 Å². The molecule has 0 bridgehead atoms. The fourth-order valence-corrected chi connectivity index (χ4v) is 1.77. The number of hydrogen-bond acceptors (Lipinski definition) is 4. The van der Waals surface area contributed by atoms with E-state index in [4.69, 9.17) is 9.52 Å². The fraction of sp³-hybridized carbons (Fsp3) is 0. The lowest BCUT2D eigenvalue weighted by Crippen LogP contribution is -1.99. The Morgan fingerprint density at radius 2 is 2.00 bits per heavy atom. The zero-order valence-electron chi connectivity index (χ0n) is 9.20. The second-order valence-corrected chi connectivity index (χ2v) is 3.72. The standard InChI is InChI=1S/C13H8N2O3/c16-13(17)11-12(18-7-14-11)10-6-5-8-3-1-2-4-9(8)15-10/h1-7H,(H,16,17). The quantitative estimate of drug-likeness (QED) is 0.745. The summed E-state index contributed by atoms with van der Waals surface area (Å²) in [7, 11) is 0. The van der Waals surface area contributed by atoms with Crippen LogP contribution in [0, 0.1) is 0 Å². The highest BCUT2D eigenvalue weighted by Crippen LogP contribution is 2.23. The van der Waals surface area contributed by atoms with E-state index in [9.17, 15) is 4.79 Å². The number of nitrogens with zero attached hydrogens (tertiary/aromatic N) is 2. The van der Waals surface area contributed by atoms with Crippen LogP contribution in [0.2, 0.25) is 0 Å². The lowest BCUT2D eigenvalue weighted by atomic mass is 10.1. The summed E-state index contributed by atoms with van der Waals surface area (Å²) in [6.45, 7) is 0. The summed E-state index contributed by atoms with van der Waals surface area (Å²) in [6.07, 6.45) is 1.11. The summed E-state index contributed by atoms with van der Waals surface area (Å²) in [4.78, 5) is 19.0. The molecule has 0 atom stereocenters. The molecule has 0 aliphatic heterocycles. The van der Waals surface area contributed by atoms with Gasteiger partial charge in [0.25, 0.3) is 0 Å². The van der Waals surface area contributed by atoms with E-state index in [1.165, 1.54) is 0 Å². The molecule has 0 saturated carbocycles. The topological polar surface area (TPSA) is 76.2 Å². The molecule has 0 unspecified atom stereocenters. The Hall–Kier alpha value is -2.69. The molecule has 5 nitrogen and oxygen atoms in total. The minimum Gasteiger partial charge on any atom is -0.476 e. The van der Waals surface area contributed by atoms with E-state index in [2.05, 4.69) is 9.97 Å². The van der Waals surface area contributed by atoms with E-state index < -0.39 is 5.97 Å². The third-order valence-electron chi connectivity index (χ3n) is 2.60. The summed E-state index contributed by atoms with van der Waals surface area (Å²) < 4.78 is 5.11. The fourth-order valence-electron chi connectivity index (χ4n) is 1.77. The Kier molecular flexibility index (Phi) is 2.30. The van der Waals surface area contributed by atoms with Crippen molar-refractivity contribution in [2.75, 3.05) is 0 Å². The molecule has 2 aromatic heterocycles. The van der Waals surface area contributed by atoms with Gasteiger partial charge in [-0.2, -0.15) is 0 Å². The van der Waals surface area contributed by atoms with E-state index in [1.807, 2.05) is 30.3 Å². The molecule has 0 aliphatic rings. The van der Waals surface area contributed by atoms with E-state index in [1.54, 1.807) is 6.07 Å². The number of carboxylic acids is 1. The van der Waals surface area contributed by atoms with Gasteiger partial charge in [-0.15, -0.1) is 0 Å². The molecule has 0 aliphatic carbocycles. The van der Waals surface area contributed by atoms with Crippen LogP contribution in [0.5, 0.6) is 0 Å². The average molecular weight is 240 g/mol. The average Bonchev–Trinajstić information content (AvgIpc) is 2.87. The predicted octanol–water partition coefficient (Wildman–Crippen LogP) is 2.59. The number of rotatable bonds is 2. The molecule has 1 N–H and O–H groups in total. The summed E-state index contributed by atoms with van der Waals surface area (Å²) in [5, 5.41) is 9.96. The molecule has 0 amide bonds. The number of fused-ring (bicyclic) bond motifs is 1. The van der Waals surface area contributed by atoms with Gasteiger partial charge in [0, 0.05) is 5.39 Å². The first kappa shape index (κ1) is 10.5. The molecular weight excluding hydrogens is 232 g/mol. The molecule has 3 aromatic rings. The molecule has 0 radical (unpaired) electrons. The minimum absolute atomic E-state index is 0.127. The van der Waals surface area contributed by atoms with Crippen LogP contribution < -0.4 is 0 Å². The van der Waals surface area contributed by atoms with Crippen molar-refractivity contribution in [1.82, 2.24) is 9.97 Å². The maximum atomic E-state index is 11.0. The van der Waals surface area contributed by atoms with Crippen molar-refractivity contribution < 1.29 is 14.3 Å². The Morgan fingerprint density at radius 3 is 2.83 bits per heavy atom. The second-order valence-electron chi connectivity index (χ2n) is 3.72. The third kappa shape index (κ3) is 1.62. The van der Waals surface area contributed by atoms with E-state index >= 15 is 0 Å². The molecule has 2 heterocycles. The van der Waals surface area contributed by atoms with Crippen molar-refractivity contribution in [3.63, 3.8) is 0 Å². The van der Waals surface area contributed by atoms with Gasteiger partial charge < -0.3 is 9.52 Å². The number of para-hydroxylation sites is 1. The van der Waals surface area contributed by atoms with Crippen LogP contribution in [-0.2, 0) is 0 Å². The van der Waals surface area contributed by atoms with Gasteiger partial charge in [-0.3, -0.25) is 0 Å². The normalized spacial score (nSPS) is 10.7. The highest BCUT2D eigenvalue weighted by Gasteiger charge is 2.18. The second kappa shape index (κ2) is 3.96. The third-order valence-corrected chi connectivity index (χ3v) is 2.60. The van der Waals surface area contributed by atoms with Gasteiger partial charge in [-0.25, -0.2) is 14.8 Å². The molecule has 1 aromatic carbocycles. The summed E-state index contributed by atoms with van der Waals surface area (Å²) >= 11 is 0. The molecule has 0 saturated heterocycles. The van der Waals surface area contributed by atoms with Gasteiger partial charge in [-0.1, -0.05) is 24.3 Å². The maximum absolute atomic E-state index is 11.0. The van der Waals surface area contributed by atoms with Gasteiger partial charge in [-0.05, 0) is 12.1 Å². The summed E-state index contributed by atoms with van der Waals surface area (Å²) in [5.41, 5.74) is 1.11. The number of oxazole rings is 1. The van der Waals surface area contributed by atoms with E-state index in [0.717, 1.165) is 17.3 Å². The minimum atomic E-state index is -1.13. The van der Waals surface area contributed by atoms with Crippen molar-refractivity contribution in [2.45, 2.75) is 0 Å². The lowest BCUT2D eigenvalue weighted by molar-refractivity contribution is 0.0691. The Balaban J connectivity index is 2.19. The lowest BCUT2D eigenvalue weighted by Gasteiger charge is -2.00. The highest BCUT2D eigenvalue weighted by atomic mass is 16.4. The van der Waals surface area contributed by atoms with Crippen LogP contribution in [0.15, 0.2) is 47.2 Å². The molecule has 88 valence electrons. The first-order valence-electron chi connectivity index (χ1n) is 5.28. The van der Waals surface area contributed by atoms with Crippen molar-refractivity contribution in [2.24, 2.45) is 0 Å². The number of hydrogen-bond donors (Lipinski definition) is 1. The zero-order chi connectivity index (χ0) is 12.5. The molecule has 0 fully saturated rings. The number of aromatic nitrogens is 2. The van der Waals surface area contributed by atoms with Crippen LogP contribution in [0.25, 0.3) is 22.4 Å². The Labute approximate surface area is 102 Å². The van der Waals surface area contributed by atoms with E-state index in [0.29, 0.717) is 5.69 Å². The summed E-state index contributed by atoms with van der Waals surface area (Å²) in [5.74, 6) is -0.957. The molecule has 0 spiro atoms. The van der Waals surface area contributed by atoms with Crippen molar-refractivity contribution in [3.05, 3.63) is 48.5 Å². The molecule has 18 heavy (non-hydrogen) atoms. The van der Waals surface area contributed by atoms with Crippen LogP contribution in [0.3, 0.4) is 0 Å². The van der Waals surface area contributed by atoms with Gasteiger partial charge in [0.2, 0.25) is 0 Å². The molecule has 5 heteroatoms. The number of carbonyl (C=O) groups is 1. The van der Waals surface area contributed by atoms with Crippen molar-refractivity contribution >= 4 is 16.9 Å². The smallest absolute Gasteiger partial charge is 0.358 e. The SMILES string of the molecule is O=C(O)c1ncoc1-c1ccc2ccccc2n1. The predicted molar refractivity (Wildman–Crippen MR) is 64.2 cm³/mol. The van der Waals surface area contributed by atoms with Crippen LogP contribution in [0.1, 0.15) is 10.5 Å². The largest absolute Gasteiger partial charge is 0.476 e. The Bertz CT molecular complexity index is 734. The van der Waals surface area contributed by atoms with Crippen molar-refractivity contribution in [3.8, 4) is 11.5 Å². The van der Waals surface area contributed by atoms with E-state index in [-0.39, 0.29) is 11.5 Å². The van der Waals surface area contributed by atoms with Gasteiger partial charge in [0.05, 0.1) is 5.52 Å². The number of benzene rings is 1. The van der Waals surface area contributed by atoms with Gasteiger partial charge in [0.1, 0.15) is 5.69 Å². The highest BCUT2D eigenvalue weighted by molar-refractivity contribution is 5.92. The summed E-state index contributed by atoms with van der Waals surface area (Å²) in [6, 6.07) is 11.2. The molecular formula is C13H8N2O3. The van der Waals surface area contributed by atoms with Gasteiger partial charge >= 0.3 is 5.97 Å². The Morgan fingerprint density at radius 1 is 1.17 bits per heavy atom. The zero-order valence-corrected chi connectivity index (χ0v) is 9.20. The first-order chi connectivity index (χ1) is 8.75. The number of aromatic carboxylic acids is 1. The monoisotopic (exact) mass is 240 g/mol. The molecule has 3 rings (SSSR count). The van der Waals surface area contributed by atoms with Crippen LogP contribution in [-0.4, -0.2) is 21.0 Å². The maximum Gasteiger partial charge on any atom is 0.358 e. The number of carboxylic acid groups (broad SMARTS) is 1. The number of pyridine rings is 1. The van der Waals surface area contributed by atoms with Crippen LogP contribution in [0.4, 0.5) is 0 Å².